The molecule has 0 aliphatic rings. The van der Waals surface area contributed by atoms with Crippen LogP contribution in [-0.4, -0.2) is 25.4 Å². The summed E-state index contributed by atoms with van der Waals surface area (Å²) in [4.78, 5) is 12.9. The lowest BCUT2D eigenvalue weighted by Crippen LogP contribution is -2.27. The van der Waals surface area contributed by atoms with E-state index in [1.807, 2.05) is 0 Å². The van der Waals surface area contributed by atoms with Crippen LogP contribution in [0, 0.1) is 15.9 Å². The van der Waals surface area contributed by atoms with Gasteiger partial charge in [0.1, 0.15) is 0 Å². The van der Waals surface area contributed by atoms with Crippen LogP contribution in [0.4, 0.5) is 15.8 Å². The van der Waals surface area contributed by atoms with Crippen molar-refractivity contribution in [3.05, 3.63) is 58.7 Å². The van der Waals surface area contributed by atoms with Crippen molar-refractivity contribution in [2.75, 3.05) is 11.4 Å². The van der Waals surface area contributed by atoms with E-state index in [2.05, 4.69) is 4.98 Å². The summed E-state index contributed by atoms with van der Waals surface area (Å²) in [5.74, 6) is -1.20. The zero-order chi connectivity index (χ0) is 15.6. The summed E-state index contributed by atoms with van der Waals surface area (Å²) in [5.41, 5.74) is -0.818. The maximum atomic E-state index is 13.6. The molecule has 0 radical (unpaired) electrons. The fourth-order valence-electron chi connectivity index (χ4n) is 1.72. The van der Waals surface area contributed by atoms with Gasteiger partial charge in [0.25, 0.3) is 10.0 Å². The van der Waals surface area contributed by atoms with Crippen LogP contribution in [0.25, 0.3) is 0 Å². The Bertz CT molecular complexity index is 780. The van der Waals surface area contributed by atoms with Gasteiger partial charge in [-0.25, -0.2) is 8.42 Å². The van der Waals surface area contributed by atoms with Crippen LogP contribution in [0.5, 0.6) is 0 Å². The fraction of sp³-hybridized carbons (Fsp3) is 0.0833. The number of hydrogen-bond acceptors (Lipinski definition) is 5. The van der Waals surface area contributed by atoms with Crippen LogP contribution in [0.3, 0.4) is 0 Å². The summed E-state index contributed by atoms with van der Waals surface area (Å²) in [7, 11) is -3.04. The first-order valence-electron chi connectivity index (χ1n) is 5.67. The molecule has 1 aromatic carbocycles. The normalized spacial score (nSPS) is 11.1. The molecule has 1 heterocycles. The number of nitro groups is 1. The number of rotatable bonds is 4. The van der Waals surface area contributed by atoms with E-state index in [0.29, 0.717) is 0 Å². The number of nitro benzene ring substituents is 1. The average molecular weight is 311 g/mol. The number of halogens is 1. The molecule has 7 nitrogen and oxygen atoms in total. The highest BCUT2D eigenvalue weighted by Crippen LogP contribution is 2.30. The van der Waals surface area contributed by atoms with Crippen LogP contribution in [0.15, 0.2) is 47.6 Å². The van der Waals surface area contributed by atoms with Crippen LogP contribution >= 0.6 is 0 Å². The standard InChI is InChI=1S/C12H10FN3O4S/c1-15(9-5-7-14-8-6-9)21(19,20)11-4-2-3-10(13)12(11)16(17)18/h2-8H,1H3. The lowest BCUT2D eigenvalue weighted by Gasteiger charge is -2.19. The van der Waals surface area contributed by atoms with Gasteiger partial charge in [0.15, 0.2) is 4.90 Å². The first-order chi connectivity index (χ1) is 9.85. The van der Waals surface area contributed by atoms with E-state index >= 15 is 0 Å². The first kappa shape index (κ1) is 14.9. The van der Waals surface area contributed by atoms with Gasteiger partial charge in [0.05, 0.1) is 10.6 Å². The van der Waals surface area contributed by atoms with Crippen molar-refractivity contribution in [3.63, 3.8) is 0 Å². The molecule has 1 aromatic heterocycles. The molecule has 0 saturated heterocycles. The van der Waals surface area contributed by atoms with Gasteiger partial charge in [-0.15, -0.1) is 0 Å². The zero-order valence-corrected chi connectivity index (χ0v) is 11.6. The minimum atomic E-state index is -4.27. The Morgan fingerprint density at radius 3 is 2.43 bits per heavy atom. The molecule has 0 unspecified atom stereocenters. The number of aromatic nitrogens is 1. The minimum Gasteiger partial charge on any atom is -0.269 e. The topological polar surface area (TPSA) is 93.4 Å². The average Bonchev–Trinajstić information content (AvgIpc) is 2.46. The highest BCUT2D eigenvalue weighted by Gasteiger charge is 2.32. The number of anilines is 1. The number of hydrogen-bond donors (Lipinski definition) is 0. The Hall–Kier alpha value is -2.55. The SMILES string of the molecule is CN(c1ccncc1)S(=O)(=O)c1cccc(F)c1[N+](=O)[O-]. The molecule has 0 bridgehead atoms. The molecule has 0 fully saturated rings. The van der Waals surface area contributed by atoms with Crippen LogP contribution in [0.2, 0.25) is 0 Å². The second kappa shape index (κ2) is 5.44. The van der Waals surface area contributed by atoms with Gasteiger partial charge < -0.3 is 0 Å². The summed E-state index contributed by atoms with van der Waals surface area (Å²) in [6.07, 6.45) is 2.75. The molecule has 0 N–H and O–H groups in total. The van der Waals surface area contributed by atoms with Gasteiger partial charge in [0, 0.05) is 19.4 Å². The van der Waals surface area contributed by atoms with E-state index in [4.69, 9.17) is 0 Å². The van der Waals surface area contributed by atoms with Crippen LogP contribution < -0.4 is 4.31 Å². The maximum Gasteiger partial charge on any atom is 0.325 e. The van der Waals surface area contributed by atoms with Gasteiger partial charge in [-0.05, 0) is 24.3 Å². The molecule has 9 heteroatoms. The summed E-state index contributed by atoms with van der Waals surface area (Å²) in [5, 5.41) is 10.9. The molecule has 0 aliphatic heterocycles. The maximum absolute atomic E-state index is 13.6. The number of nitrogens with zero attached hydrogens (tertiary/aromatic N) is 3. The Labute approximate surface area is 119 Å². The van der Waals surface area contributed by atoms with Gasteiger partial charge in [-0.2, -0.15) is 4.39 Å². The predicted octanol–water partition coefficient (Wildman–Crippen LogP) is 1.95. The molecule has 0 spiro atoms. The molecule has 110 valence electrons. The van der Waals surface area contributed by atoms with Crippen molar-refractivity contribution in [1.29, 1.82) is 0 Å². The number of para-hydroxylation sites is 1. The summed E-state index contributed by atoms with van der Waals surface area (Å²) in [6.45, 7) is 0. The highest BCUT2D eigenvalue weighted by atomic mass is 32.2. The second-order valence-corrected chi connectivity index (χ2v) is 5.96. The van der Waals surface area contributed by atoms with Crippen LogP contribution in [0.1, 0.15) is 0 Å². The van der Waals surface area contributed by atoms with E-state index in [9.17, 15) is 22.9 Å². The van der Waals surface area contributed by atoms with Gasteiger partial charge in [0.2, 0.25) is 5.82 Å². The van der Waals surface area contributed by atoms with Crippen molar-refractivity contribution >= 4 is 21.4 Å². The molecule has 0 atom stereocenters. The van der Waals surface area contributed by atoms with Crippen LogP contribution in [-0.2, 0) is 10.0 Å². The van der Waals surface area contributed by atoms with Gasteiger partial charge >= 0.3 is 5.69 Å². The summed E-state index contributed by atoms with van der Waals surface area (Å²) >= 11 is 0. The van der Waals surface area contributed by atoms with E-state index in [0.717, 1.165) is 22.5 Å². The smallest absolute Gasteiger partial charge is 0.269 e. The third kappa shape index (κ3) is 2.68. The van der Waals surface area contributed by atoms with Crippen molar-refractivity contribution in [2.45, 2.75) is 4.90 Å². The highest BCUT2D eigenvalue weighted by molar-refractivity contribution is 7.93. The third-order valence-corrected chi connectivity index (χ3v) is 4.61. The lowest BCUT2D eigenvalue weighted by atomic mass is 10.3. The Balaban J connectivity index is 2.61. The zero-order valence-electron chi connectivity index (χ0n) is 10.8. The minimum absolute atomic E-state index is 0.253. The summed E-state index contributed by atoms with van der Waals surface area (Å²) < 4.78 is 39.3. The summed E-state index contributed by atoms with van der Waals surface area (Å²) in [6, 6.07) is 5.78. The molecule has 0 amide bonds. The molecule has 0 saturated carbocycles. The first-order valence-corrected chi connectivity index (χ1v) is 7.11. The third-order valence-electron chi connectivity index (χ3n) is 2.80. The Morgan fingerprint density at radius 2 is 1.86 bits per heavy atom. The van der Waals surface area contributed by atoms with E-state index in [1.165, 1.54) is 31.6 Å². The molecular formula is C12H10FN3O4S. The van der Waals surface area contributed by atoms with E-state index in [-0.39, 0.29) is 5.69 Å². The van der Waals surface area contributed by atoms with Crippen molar-refractivity contribution in [2.24, 2.45) is 0 Å². The van der Waals surface area contributed by atoms with Crippen molar-refractivity contribution in [3.8, 4) is 0 Å². The number of sulfonamides is 1. The largest absolute Gasteiger partial charge is 0.325 e. The molecule has 21 heavy (non-hydrogen) atoms. The molecule has 2 rings (SSSR count). The molecule has 2 aromatic rings. The fourth-order valence-corrected chi connectivity index (χ4v) is 3.08. The quantitative estimate of drug-likeness (QED) is 0.635. The van der Waals surface area contributed by atoms with E-state index in [1.54, 1.807) is 0 Å². The number of pyridine rings is 1. The number of benzene rings is 1. The Morgan fingerprint density at radius 1 is 1.24 bits per heavy atom. The predicted molar refractivity (Wildman–Crippen MR) is 72.9 cm³/mol. The second-order valence-electron chi connectivity index (χ2n) is 4.02. The lowest BCUT2D eigenvalue weighted by molar-refractivity contribution is -0.390. The van der Waals surface area contributed by atoms with E-state index < -0.39 is 31.3 Å². The monoisotopic (exact) mass is 311 g/mol. The van der Waals surface area contributed by atoms with Gasteiger partial charge in [-0.1, -0.05) is 6.07 Å². The Kier molecular flexibility index (Phi) is 3.85. The van der Waals surface area contributed by atoms with Gasteiger partial charge in [-0.3, -0.25) is 19.4 Å². The molecule has 0 aliphatic carbocycles. The molecular weight excluding hydrogens is 301 g/mol. The van der Waals surface area contributed by atoms with Crippen molar-refractivity contribution in [1.82, 2.24) is 4.98 Å². The van der Waals surface area contributed by atoms with Crippen molar-refractivity contribution < 1.29 is 17.7 Å².